The second-order valence-corrected chi connectivity index (χ2v) is 8.03. The molecule has 0 radical (unpaired) electrons. The van der Waals surface area contributed by atoms with E-state index in [1.165, 1.54) is 5.56 Å². The molecule has 0 spiro atoms. The molecular formula is C23H27N7O3. The number of fused-ring (bicyclic) bond motifs is 1. The number of nitrogen functional groups attached to an aromatic ring is 1. The molecule has 3 heterocycles. The topological polar surface area (TPSA) is 111 Å². The first kappa shape index (κ1) is 21.2. The summed E-state index contributed by atoms with van der Waals surface area (Å²) >= 11 is 0. The van der Waals surface area contributed by atoms with E-state index in [0.717, 1.165) is 55.7 Å². The Hall–Kier alpha value is -3.63. The molecule has 0 amide bonds. The summed E-state index contributed by atoms with van der Waals surface area (Å²) in [6.45, 7) is 5.60. The van der Waals surface area contributed by atoms with Gasteiger partial charge in [-0.15, -0.1) is 0 Å². The van der Waals surface area contributed by atoms with Crippen LogP contribution in [0.3, 0.4) is 0 Å². The molecule has 10 heteroatoms. The quantitative estimate of drug-likeness (QED) is 0.557. The highest BCUT2D eigenvalue weighted by Gasteiger charge is 2.20. The number of anilines is 3. The van der Waals surface area contributed by atoms with E-state index < -0.39 is 0 Å². The molecule has 1 aromatic heterocycles. The van der Waals surface area contributed by atoms with Crippen molar-refractivity contribution < 1.29 is 14.2 Å². The molecule has 0 aliphatic carbocycles. The summed E-state index contributed by atoms with van der Waals surface area (Å²) < 4.78 is 16.1. The number of methoxy groups -OCH3 is 1. The Kier molecular flexibility index (Phi) is 6.09. The molecule has 0 bridgehead atoms. The van der Waals surface area contributed by atoms with Crippen molar-refractivity contribution >= 4 is 17.6 Å². The molecule has 2 aliphatic heterocycles. The van der Waals surface area contributed by atoms with Crippen molar-refractivity contribution in [3.8, 4) is 17.2 Å². The van der Waals surface area contributed by atoms with Gasteiger partial charge >= 0.3 is 0 Å². The molecule has 1 saturated heterocycles. The minimum atomic E-state index is 0.206. The van der Waals surface area contributed by atoms with Crippen LogP contribution >= 0.6 is 0 Å². The van der Waals surface area contributed by atoms with Crippen LogP contribution in [0.15, 0.2) is 42.5 Å². The number of benzene rings is 2. The number of hydrogen-bond donors (Lipinski definition) is 2. The Morgan fingerprint density at radius 2 is 1.64 bits per heavy atom. The summed E-state index contributed by atoms with van der Waals surface area (Å²) in [5, 5.41) is 3.18. The average molecular weight is 450 g/mol. The molecule has 0 saturated carbocycles. The Balaban J connectivity index is 1.15. The summed E-state index contributed by atoms with van der Waals surface area (Å²) in [6, 6.07) is 13.7. The number of hydrogen-bond acceptors (Lipinski definition) is 10. The van der Waals surface area contributed by atoms with E-state index in [0.29, 0.717) is 25.1 Å². The molecule has 0 unspecified atom stereocenters. The predicted molar refractivity (Wildman–Crippen MR) is 124 cm³/mol. The number of nitrogens with zero attached hydrogens (tertiary/aromatic N) is 5. The van der Waals surface area contributed by atoms with Crippen LogP contribution in [0, 0.1) is 0 Å². The monoisotopic (exact) mass is 449 g/mol. The van der Waals surface area contributed by atoms with Crippen molar-refractivity contribution in [2.75, 3.05) is 51.1 Å². The first-order valence-electron chi connectivity index (χ1n) is 10.9. The van der Waals surface area contributed by atoms with Gasteiger partial charge in [-0.1, -0.05) is 6.07 Å². The lowest BCUT2D eigenvalue weighted by molar-refractivity contribution is 0.120. The second-order valence-electron chi connectivity index (χ2n) is 8.03. The van der Waals surface area contributed by atoms with Crippen molar-refractivity contribution in [2.24, 2.45) is 0 Å². The van der Waals surface area contributed by atoms with Crippen LogP contribution < -0.4 is 25.3 Å². The molecule has 10 nitrogen and oxygen atoms in total. The van der Waals surface area contributed by atoms with E-state index in [1.54, 1.807) is 7.11 Å². The van der Waals surface area contributed by atoms with Crippen LogP contribution in [-0.2, 0) is 13.1 Å². The minimum Gasteiger partial charge on any atom is -0.497 e. The average Bonchev–Trinajstić information content (AvgIpc) is 3.28. The normalized spacial score (nSPS) is 16.0. The Morgan fingerprint density at radius 1 is 0.909 bits per heavy atom. The molecule has 2 aliphatic rings. The molecule has 3 aromatic rings. The zero-order chi connectivity index (χ0) is 22.6. The SMILES string of the molecule is COc1ccc(Nc2nc(N)nc(CN3CCN(Cc4ccc5c(c4)OCO5)CC3)n2)cc1. The molecule has 5 rings (SSSR count). The zero-order valence-corrected chi connectivity index (χ0v) is 18.5. The fourth-order valence-corrected chi connectivity index (χ4v) is 3.97. The van der Waals surface area contributed by atoms with Gasteiger partial charge in [-0.2, -0.15) is 15.0 Å². The predicted octanol–water partition coefficient (Wildman–Crippen LogP) is 2.25. The Labute approximate surface area is 192 Å². The summed E-state index contributed by atoms with van der Waals surface area (Å²) in [5.74, 6) is 3.73. The summed E-state index contributed by atoms with van der Waals surface area (Å²) in [6.07, 6.45) is 0. The number of aromatic nitrogens is 3. The lowest BCUT2D eigenvalue weighted by Crippen LogP contribution is -2.45. The van der Waals surface area contributed by atoms with Crippen molar-refractivity contribution in [1.29, 1.82) is 0 Å². The van der Waals surface area contributed by atoms with E-state index in [4.69, 9.17) is 19.9 Å². The zero-order valence-electron chi connectivity index (χ0n) is 18.5. The highest BCUT2D eigenvalue weighted by atomic mass is 16.7. The molecule has 2 aromatic carbocycles. The first-order valence-corrected chi connectivity index (χ1v) is 10.9. The van der Waals surface area contributed by atoms with Gasteiger partial charge < -0.3 is 25.3 Å². The molecule has 172 valence electrons. The number of nitrogens with one attached hydrogen (secondary N) is 1. The van der Waals surface area contributed by atoms with Gasteiger partial charge in [0.15, 0.2) is 11.5 Å². The number of nitrogens with two attached hydrogens (primary N) is 1. The van der Waals surface area contributed by atoms with Crippen LogP contribution in [0.1, 0.15) is 11.4 Å². The van der Waals surface area contributed by atoms with Crippen LogP contribution in [0.25, 0.3) is 0 Å². The van der Waals surface area contributed by atoms with Crippen molar-refractivity contribution in [1.82, 2.24) is 24.8 Å². The Bertz CT molecular complexity index is 1100. The van der Waals surface area contributed by atoms with Gasteiger partial charge in [0.25, 0.3) is 0 Å². The van der Waals surface area contributed by atoms with Crippen LogP contribution in [0.5, 0.6) is 17.2 Å². The van der Waals surface area contributed by atoms with E-state index in [1.807, 2.05) is 30.3 Å². The third-order valence-corrected chi connectivity index (χ3v) is 5.72. The molecular weight excluding hydrogens is 422 g/mol. The third-order valence-electron chi connectivity index (χ3n) is 5.72. The smallest absolute Gasteiger partial charge is 0.232 e. The molecule has 1 fully saturated rings. The van der Waals surface area contributed by atoms with Gasteiger partial charge in [0.1, 0.15) is 11.6 Å². The van der Waals surface area contributed by atoms with Crippen molar-refractivity contribution in [3.05, 3.63) is 53.9 Å². The maximum absolute atomic E-state index is 5.94. The minimum absolute atomic E-state index is 0.206. The maximum atomic E-state index is 5.94. The fraction of sp³-hybridized carbons (Fsp3) is 0.348. The van der Waals surface area contributed by atoms with Crippen molar-refractivity contribution in [3.63, 3.8) is 0 Å². The summed E-state index contributed by atoms with van der Waals surface area (Å²) in [5.41, 5.74) is 8.02. The van der Waals surface area contributed by atoms with E-state index in [2.05, 4.69) is 42.2 Å². The number of rotatable bonds is 7. The van der Waals surface area contributed by atoms with E-state index in [-0.39, 0.29) is 5.95 Å². The molecule has 33 heavy (non-hydrogen) atoms. The Morgan fingerprint density at radius 3 is 2.39 bits per heavy atom. The van der Waals surface area contributed by atoms with Gasteiger partial charge in [-0.3, -0.25) is 9.80 Å². The number of piperazine rings is 1. The molecule has 3 N–H and O–H groups in total. The van der Waals surface area contributed by atoms with Gasteiger partial charge in [0, 0.05) is 38.4 Å². The first-order chi connectivity index (χ1) is 16.1. The van der Waals surface area contributed by atoms with Crippen LogP contribution in [0.4, 0.5) is 17.6 Å². The third kappa shape index (κ3) is 5.24. The largest absolute Gasteiger partial charge is 0.497 e. The maximum Gasteiger partial charge on any atom is 0.232 e. The lowest BCUT2D eigenvalue weighted by Gasteiger charge is -2.34. The molecule has 0 atom stereocenters. The van der Waals surface area contributed by atoms with Crippen molar-refractivity contribution in [2.45, 2.75) is 13.1 Å². The van der Waals surface area contributed by atoms with E-state index >= 15 is 0 Å². The van der Waals surface area contributed by atoms with Gasteiger partial charge in [0.2, 0.25) is 18.7 Å². The van der Waals surface area contributed by atoms with Crippen LogP contribution in [0.2, 0.25) is 0 Å². The highest BCUT2D eigenvalue weighted by molar-refractivity contribution is 5.55. The highest BCUT2D eigenvalue weighted by Crippen LogP contribution is 2.32. The van der Waals surface area contributed by atoms with Crippen LogP contribution in [-0.4, -0.2) is 64.8 Å². The summed E-state index contributed by atoms with van der Waals surface area (Å²) in [7, 11) is 1.64. The number of ether oxygens (including phenoxy) is 3. The lowest BCUT2D eigenvalue weighted by atomic mass is 10.1. The van der Waals surface area contributed by atoms with Gasteiger partial charge in [-0.25, -0.2) is 0 Å². The summed E-state index contributed by atoms with van der Waals surface area (Å²) in [4.78, 5) is 17.9. The standard InChI is InChI=1S/C23H27N7O3/c1-31-18-5-3-17(4-6-18)25-23-27-21(26-22(24)28-23)14-30-10-8-29(9-11-30)13-16-2-7-19-20(12-16)33-15-32-19/h2-7,12H,8-11,13-15H2,1H3,(H3,24,25,26,27,28). The second kappa shape index (κ2) is 9.47. The van der Waals surface area contributed by atoms with Gasteiger partial charge in [-0.05, 0) is 42.0 Å². The van der Waals surface area contributed by atoms with E-state index in [9.17, 15) is 0 Å². The van der Waals surface area contributed by atoms with Gasteiger partial charge in [0.05, 0.1) is 13.7 Å². The fourth-order valence-electron chi connectivity index (χ4n) is 3.97.